The highest BCUT2D eigenvalue weighted by Gasteiger charge is 2.43. The van der Waals surface area contributed by atoms with E-state index in [4.69, 9.17) is 28.2 Å². The lowest BCUT2D eigenvalue weighted by atomic mass is 9.83. The lowest BCUT2D eigenvalue weighted by Gasteiger charge is -2.45. The van der Waals surface area contributed by atoms with Crippen LogP contribution in [0.2, 0.25) is 0 Å². The van der Waals surface area contributed by atoms with Crippen LogP contribution in [0, 0.1) is 28.1 Å². The minimum atomic E-state index is -1.04. The fourth-order valence-electron chi connectivity index (χ4n) is 6.04. The fourth-order valence-corrected chi connectivity index (χ4v) is 6.50. The maximum absolute atomic E-state index is 13.2. The normalized spacial score (nSPS) is 23.8. The van der Waals surface area contributed by atoms with E-state index in [0.29, 0.717) is 31.7 Å². The number of dihydropyridines is 1. The number of carbonyl (C=O) groups excluding carboxylic acids is 1. The van der Waals surface area contributed by atoms with E-state index in [0.717, 1.165) is 41.0 Å². The summed E-state index contributed by atoms with van der Waals surface area (Å²) in [5.41, 5.74) is 3.11. The molecule has 0 aliphatic carbocycles. The van der Waals surface area contributed by atoms with Crippen LogP contribution in [0.4, 0.5) is 11.5 Å². The van der Waals surface area contributed by atoms with Crippen LogP contribution in [0.15, 0.2) is 53.9 Å². The van der Waals surface area contributed by atoms with E-state index in [9.17, 15) is 15.3 Å². The molecule has 3 aromatic rings. The molecule has 6 rings (SSSR count). The third kappa shape index (κ3) is 5.30. The van der Waals surface area contributed by atoms with Gasteiger partial charge in [0.05, 0.1) is 40.6 Å². The number of nitrogens with one attached hydrogen (secondary N) is 1. The zero-order valence-corrected chi connectivity index (χ0v) is 25.5. The first kappa shape index (κ1) is 29.0. The first-order valence-corrected chi connectivity index (χ1v) is 15.1. The predicted molar refractivity (Wildman–Crippen MR) is 168 cm³/mol. The highest BCUT2D eigenvalue weighted by atomic mass is 35.5. The lowest BCUT2D eigenvalue weighted by molar-refractivity contribution is -0.124. The second-order valence-corrected chi connectivity index (χ2v) is 13.1. The molecule has 2 atom stereocenters. The molecule has 43 heavy (non-hydrogen) atoms. The topological polar surface area (TPSA) is 126 Å². The molecule has 3 aliphatic rings. The Balaban J connectivity index is 1.17. The molecule has 3 aliphatic heterocycles. The molecule has 1 N–H and O–H groups in total. The molecule has 6 heterocycles. The molecule has 0 spiro atoms. The lowest BCUT2D eigenvalue weighted by Crippen LogP contribution is -2.58. The molecule has 2 saturated heterocycles. The number of hydrogen-bond acceptors (Lipinski definition) is 8. The summed E-state index contributed by atoms with van der Waals surface area (Å²) in [7, 11) is 0. The molecule has 3 aromatic heterocycles. The van der Waals surface area contributed by atoms with Crippen molar-refractivity contribution in [1.82, 2.24) is 19.9 Å². The average Bonchev–Trinajstić information content (AvgIpc) is 3.43. The summed E-state index contributed by atoms with van der Waals surface area (Å²) in [6, 6.07) is 9.91. The van der Waals surface area contributed by atoms with Crippen molar-refractivity contribution in [3.63, 3.8) is 0 Å². The Bertz CT molecular complexity index is 1700. The van der Waals surface area contributed by atoms with E-state index in [-0.39, 0.29) is 17.2 Å². The van der Waals surface area contributed by atoms with Crippen LogP contribution in [0.5, 0.6) is 0 Å². The van der Waals surface area contributed by atoms with Gasteiger partial charge in [-0.1, -0.05) is 6.08 Å². The van der Waals surface area contributed by atoms with Crippen LogP contribution in [0.25, 0.3) is 16.6 Å². The zero-order chi connectivity index (χ0) is 30.4. The van der Waals surface area contributed by atoms with Crippen molar-refractivity contribution in [2.45, 2.75) is 43.1 Å². The maximum Gasteiger partial charge on any atom is 0.247 e. The number of alkyl halides is 2. The van der Waals surface area contributed by atoms with Crippen LogP contribution < -0.4 is 15.1 Å². The Hall–Kier alpha value is -4.12. The van der Waals surface area contributed by atoms with Crippen molar-refractivity contribution in [3.05, 3.63) is 54.5 Å². The standard InChI is InChI=1S/C31H31Cl2N9O/c1-29(18-35)19-41(20-29)23-12-24(26-22(13-34)15-38-42(26)16-23)21-4-5-25(37-14-21)40-10-7-30(2,8-11-40)39-28(43)27-31(33,17-32)6-3-9-36-27/h3-6,9,12,14-16,27H,7-8,10-11,17,19-20H2,1-2H3,(H,39,43). The van der Waals surface area contributed by atoms with Crippen molar-refractivity contribution in [3.8, 4) is 23.3 Å². The van der Waals surface area contributed by atoms with Gasteiger partial charge in [0, 0.05) is 61.1 Å². The van der Waals surface area contributed by atoms with Gasteiger partial charge in [0.1, 0.15) is 16.8 Å². The van der Waals surface area contributed by atoms with Crippen LogP contribution >= 0.6 is 23.2 Å². The maximum atomic E-state index is 13.2. The number of aliphatic imine (C=N–C) groups is 1. The van der Waals surface area contributed by atoms with Gasteiger partial charge in [-0.2, -0.15) is 15.6 Å². The van der Waals surface area contributed by atoms with E-state index in [1.165, 1.54) is 0 Å². The summed E-state index contributed by atoms with van der Waals surface area (Å²) < 4.78 is 1.73. The second-order valence-electron chi connectivity index (χ2n) is 12.2. The van der Waals surface area contributed by atoms with Crippen molar-refractivity contribution >= 4 is 52.3 Å². The fraction of sp³-hybridized carbons (Fsp3) is 0.419. The molecule has 0 bridgehead atoms. The van der Waals surface area contributed by atoms with Crippen LogP contribution in [-0.2, 0) is 4.79 Å². The molecule has 2 fully saturated rings. The van der Waals surface area contributed by atoms with E-state index in [2.05, 4.69) is 37.3 Å². The van der Waals surface area contributed by atoms with Gasteiger partial charge in [-0.25, -0.2) is 9.50 Å². The number of nitrogens with zero attached hydrogens (tertiary/aromatic N) is 8. The van der Waals surface area contributed by atoms with Crippen molar-refractivity contribution in [2.24, 2.45) is 10.4 Å². The van der Waals surface area contributed by atoms with Crippen molar-refractivity contribution in [1.29, 1.82) is 10.5 Å². The van der Waals surface area contributed by atoms with Crippen LogP contribution in [0.1, 0.15) is 32.3 Å². The van der Waals surface area contributed by atoms with Gasteiger partial charge in [-0.05, 0) is 51.0 Å². The van der Waals surface area contributed by atoms with E-state index < -0.39 is 16.5 Å². The third-order valence-electron chi connectivity index (χ3n) is 8.71. The molecule has 0 saturated carbocycles. The molecule has 0 radical (unpaired) electrons. The second kappa shape index (κ2) is 10.9. The SMILES string of the molecule is CC1(C#N)CN(c2cc(-c3ccc(N4CCC(C)(NC(=O)C5N=CC=CC5(Cl)CCl)CC4)nc3)c3c(C#N)cnn3c2)C1. The number of piperidine rings is 1. The number of allylic oxidation sites excluding steroid dienone is 1. The van der Waals surface area contributed by atoms with Crippen molar-refractivity contribution in [2.75, 3.05) is 41.9 Å². The van der Waals surface area contributed by atoms with E-state index in [1.807, 2.05) is 44.4 Å². The van der Waals surface area contributed by atoms with Crippen molar-refractivity contribution < 1.29 is 4.79 Å². The average molecular weight is 617 g/mol. The minimum Gasteiger partial charge on any atom is -0.367 e. The summed E-state index contributed by atoms with van der Waals surface area (Å²) in [4.78, 5) is 25.6. The summed E-state index contributed by atoms with van der Waals surface area (Å²) in [6.07, 6.45) is 11.8. The molecule has 12 heteroatoms. The third-order valence-corrected chi connectivity index (χ3v) is 9.75. The number of hydrogen-bond donors (Lipinski definition) is 1. The Kier molecular flexibility index (Phi) is 7.32. The highest BCUT2D eigenvalue weighted by molar-refractivity contribution is 6.34. The van der Waals surface area contributed by atoms with Gasteiger partial charge in [-0.3, -0.25) is 9.79 Å². The van der Waals surface area contributed by atoms with Gasteiger partial charge in [0.25, 0.3) is 0 Å². The van der Waals surface area contributed by atoms with Gasteiger partial charge in [0.2, 0.25) is 5.91 Å². The monoisotopic (exact) mass is 615 g/mol. The zero-order valence-electron chi connectivity index (χ0n) is 24.0. The Morgan fingerprint density at radius 3 is 2.58 bits per heavy atom. The van der Waals surface area contributed by atoms with Crippen LogP contribution in [0.3, 0.4) is 0 Å². The highest BCUT2D eigenvalue weighted by Crippen LogP contribution is 2.38. The number of amides is 1. The summed E-state index contributed by atoms with van der Waals surface area (Å²) in [5.74, 6) is 0.699. The number of rotatable bonds is 6. The quantitative estimate of drug-likeness (QED) is 0.409. The summed E-state index contributed by atoms with van der Waals surface area (Å²) >= 11 is 12.7. The molecule has 220 valence electrons. The predicted octanol–water partition coefficient (Wildman–Crippen LogP) is 4.32. The number of aromatic nitrogens is 3. The Morgan fingerprint density at radius 1 is 1.16 bits per heavy atom. The molecule has 10 nitrogen and oxygen atoms in total. The summed E-state index contributed by atoms with van der Waals surface area (Å²) in [5, 5.41) is 26.8. The minimum absolute atomic E-state index is 0.0835. The smallest absolute Gasteiger partial charge is 0.247 e. The molecule has 2 unspecified atom stereocenters. The number of carbonyl (C=O) groups is 1. The van der Waals surface area contributed by atoms with Gasteiger partial charge < -0.3 is 15.1 Å². The number of pyridine rings is 2. The van der Waals surface area contributed by atoms with Gasteiger partial charge >= 0.3 is 0 Å². The van der Waals surface area contributed by atoms with Gasteiger partial charge in [-0.15, -0.1) is 23.2 Å². The first-order chi connectivity index (χ1) is 20.6. The number of nitriles is 2. The number of anilines is 2. The number of halogens is 2. The molecule has 0 aromatic carbocycles. The van der Waals surface area contributed by atoms with E-state index in [1.54, 1.807) is 29.1 Å². The Morgan fingerprint density at radius 2 is 1.93 bits per heavy atom. The molecular weight excluding hydrogens is 585 g/mol. The Labute approximate surface area is 260 Å². The molecule has 1 amide bonds. The number of fused-ring (bicyclic) bond motifs is 1. The summed E-state index contributed by atoms with van der Waals surface area (Å²) in [6.45, 7) is 6.70. The molecular formula is C31H31Cl2N9O. The first-order valence-electron chi connectivity index (χ1n) is 14.2. The van der Waals surface area contributed by atoms with Crippen LogP contribution in [-0.4, -0.2) is 75.2 Å². The largest absolute Gasteiger partial charge is 0.367 e. The van der Waals surface area contributed by atoms with E-state index >= 15 is 0 Å². The van der Waals surface area contributed by atoms with Gasteiger partial charge in [0.15, 0.2) is 6.04 Å².